The molecule has 0 fully saturated rings. The van der Waals surface area contributed by atoms with Crippen LogP contribution in [0, 0.1) is 5.41 Å². The van der Waals surface area contributed by atoms with Crippen molar-refractivity contribution >= 4 is 38.1 Å². The average molecular weight is 518 g/mol. The van der Waals surface area contributed by atoms with Crippen LogP contribution >= 0.6 is 11.6 Å². The molecule has 0 aliphatic carbocycles. The molecule has 0 saturated heterocycles. The molecular formula is C28H36ClNO4S. The smallest absolute Gasteiger partial charge is 0.265 e. The quantitative estimate of drug-likeness (QED) is 0.283. The first-order valence-electron chi connectivity index (χ1n) is 12.0. The molecule has 0 amide bonds. The van der Waals surface area contributed by atoms with E-state index >= 15 is 0 Å². The molecule has 35 heavy (non-hydrogen) atoms. The van der Waals surface area contributed by atoms with Crippen LogP contribution in [0.25, 0.3) is 10.8 Å². The molecule has 0 atom stereocenters. The molecule has 0 unspecified atom stereocenters. The van der Waals surface area contributed by atoms with E-state index in [2.05, 4.69) is 46.3 Å². The molecule has 0 heterocycles. The first-order chi connectivity index (χ1) is 16.2. The lowest BCUT2D eigenvalue weighted by Crippen LogP contribution is -2.25. The van der Waals surface area contributed by atoms with E-state index in [1.165, 1.54) is 0 Å². The van der Waals surface area contributed by atoms with E-state index in [9.17, 15) is 13.5 Å². The Balaban J connectivity index is 2.11. The van der Waals surface area contributed by atoms with Gasteiger partial charge in [-0.3, -0.25) is 4.72 Å². The molecule has 3 rings (SSSR count). The third kappa shape index (κ3) is 6.42. The minimum absolute atomic E-state index is 0.0663. The third-order valence-corrected chi connectivity index (χ3v) is 7.65. The van der Waals surface area contributed by atoms with Crippen molar-refractivity contribution in [2.75, 3.05) is 11.3 Å². The Labute approximate surface area is 214 Å². The molecule has 0 aliphatic rings. The number of phenols is 1. The molecule has 0 spiro atoms. The second-order valence-corrected chi connectivity index (χ2v) is 12.9. The predicted octanol–water partition coefficient (Wildman–Crippen LogP) is 7.89. The number of unbranched alkanes of at least 4 members (excludes halogenated alkanes) is 1. The molecule has 0 saturated carbocycles. The van der Waals surface area contributed by atoms with E-state index in [4.69, 9.17) is 16.3 Å². The van der Waals surface area contributed by atoms with Crippen molar-refractivity contribution in [3.63, 3.8) is 0 Å². The zero-order valence-corrected chi connectivity index (χ0v) is 23.0. The maximum Gasteiger partial charge on any atom is 0.265 e. The van der Waals surface area contributed by atoms with Crippen molar-refractivity contribution in [3.8, 4) is 11.5 Å². The Kier molecular flexibility index (Phi) is 7.97. The summed E-state index contributed by atoms with van der Waals surface area (Å²) in [6, 6.07) is 13.9. The molecule has 190 valence electrons. The minimum atomic E-state index is -4.06. The number of hydrogen-bond acceptors (Lipinski definition) is 4. The zero-order valence-electron chi connectivity index (χ0n) is 21.4. The summed E-state index contributed by atoms with van der Waals surface area (Å²) in [6.07, 6.45) is 2.63. The van der Waals surface area contributed by atoms with Crippen LogP contribution < -0.4 is 9.46 Å². The van der Waals surface area contributed by atoms with Crippen molar-refractivity contribution in [2.24, 2.45) is 5.41 Å². The Hall–Kier alpha value is -2.44. The van der Waals surface area contributed by atoms with Crippen molar-refractivity contribution in [2.45, 2.75) is 71.1 Å². The van der Waals surface area contributed by atoms with Gasteiger partial charge >= 0.3 is 0 Å². The molecule has 3 aromatic rings. The fourth-order valence-electron chi connectivity index (χ4n) is 4.63. The van der Waals surface area contributed by atoms with Crippen molar-refractivity contribution < 1.29 is 18.3 Å². The highest BCUT2D eigenvalue weighted by molar-refractivity contribution is 7.92. The summed E-state index contributed by atoms with van der Waals surface area (Å²) in [5.41, 5.74) is 0.979. The molecule has 0 aromatic heterocycles. The first-order valence-corrected chi connectivity index (χ1v) is 13.8. The van der Waals surface area contributed by atoms with Gasteiger partial charge in [0.05, 0.1) is 17.3 Å². The van der Waals surface area contributed by atoms with Crippen LogP contribution in [0.5, 0.6) is 11.5 Å². The molecule has 0 aliphatic heterocycles. The normalized spacial score (nSPS) is 12.7. The van der Waals surface area contributed by atoms with Gasteiger partial charge in [-0.2, -0.15) is 0 Å². The maximum atomic E-state index is 13.8. The van der Waals surface area contributed by atoms with Crippen molar-refractivity contribution in [1.82, 2.24) is 0 Å². The van der Waals surface area contributed by atoms with Gasteiger partial charge in [-0.15, -0.1) is 0 Å². The largest absolute Gasteiger partial charge is 0.506 e. The molecule has 2 N–H and O–H groups in total. The van der Waals surface area contributed by atoms with Crippen molar-refractivity contribution in [1.29, 1.82) is 0 Å². The zero-order chi connectivity index (χ0) is 26.0. The SMILES string of the molecule is CCCCOc1ccc(C(C)(C)CC(C)(C)C)cc1S(=O)(=O)Nc1cccc2ccc(Cl)c(O)c12. The Bertz CT molecular complexity index is 1310. The highest BCUT2D eigenvalue weighted by Gasteiger charge is 2.30. The van der Waals surface area contributed by atoms with Gasteiger partial charge in [-0.1, -0.05) is 83.8 Å². The van der Waals surface area contributed by atoms with Crippen LogP contribution in [0.15, 0.2) is 53.4 Å². The fourth-order valence-corrected chi connectivity index (χ4v) is 6.03. The van der Waals surface area contributed by atoms with Gasteiger partial charge in [0, 0.05) is 5.39 Å². The number of rotatable bonds is 9. The Morgan fingerprint density at radius 2 is 1.74 bits per heavy atom. The summed E-state index contributed by atoms with van der Waals surface area (Å²) in [4.78, 5) is 0.0756. The lowest BCUT2D eigenvalue weighted by Gasteiger charge is -2.33. The van der Waals surface area contributed by atoms with E-state index in [1.54, 1.807) is 42.5 Å². The molecule has 0 radical (unpaired) electrons. The highest BCUT2D eigenvalue weighted by Crippen LogP contribution is 2.41. The van der Waals surface area contributed by atoms with Crippen LogP contribution in [0.1, 0.15) is 66.4 Å². The Morgan fingerprint density at radius 1 is 1.03 bits per heavy atom. The van der Waals surface area contributed by atoms with E-state index in [-0.39, 0.29) is 32.2 Å². The number of nitrogens with one attached hydrogen (secondary N) is 1. The molecule has 5 nitrogen and oxygen atoms in total. The van der Waals surface area contributed by atoms with Gasteiger partial charge < -0.3 is 9.84 Å². The number of aromatic hydroxyl groups is 1. The van der Waals surface area contributed by atoms with Gasteiger partial charge in [-0.25, -0.2) is 8.42 Å². The summed E-state index contributed by atoms with van der Waals surface area (Å²) >= 11 is 6.12. The second-order valence-electron chi connectivity index (χ2n) is 10.9. The maximum absolute atomic E-state index is 13.8. The number of halogens is 1. The van der Waals surface area contributed by atoms with Crippen LogP contribution in [0.4, 0.5) is 5.69 Å². The second kappa shape index (κ2) is 10.3. The molecule has 3 aromatic carbocycles. The number of ether oxygens (including phenoxy) is 1. The summed E-state index contributed by atoms with van der Waals surface area (Å²) < 4.78 is 36.1. The predicted molar refractivity (Wildman–Crippen MR) is 145 cm³/mol. The average Bonchev–Trinajstić information content (AvgIpc) is 2.74. The van der Waals surface area contributed by atoms with E-state index < -0.39 is 10.0 Å². The van der Waals surface area contributed by atoms with Crippen molar-refractivity contribution in [3.05, 3.63) is 59.1 Å². The number of hydrogen-bond donors (Lipinski definition) is 2. The summed E-state index contributed by atoms with van der Waals surface area (Å²) in [6.45, 7) is 13.3. The van der Waals surface area contributed by atoms with Gasteiger partial charge in [0.2, 0.25) is 0 Å². The first kappa shape index (κ1) is 27.2. The number of benzene rings is 3. The number of phenolic OH excluding ortho intramolecular Hbond substituents is 1. The number of fused-ring (bicyclic) bond motifs is 1. The van der Waals surface area contributed by atoms with Crippen LogP contribution in [0.3, 0.4) is 0 Å². The van der Waals surface area contributed by atoms with Gasteiger partial charge in [0.15, 0.2) is 0 Å². The lowest BCUT2D eigenvalue weighted by atomic mass is 9.72. The van der Waals surface area contributed by atoms with Crippen LogP contribution in [0.2, 0.25) is 5.02 Å². The topological polar surface area (TPSA) is 75.6 Å². The summed E-state index contributed by atoms with van der Waals surface area (Å²) in [5, 5.41) is 11.7. The van der Waals surface area contributed by atoms with E-state index in [0.29, 0.717) is 23.1 Å². The highest BCUT2D eigenvalue weighted by atomic mass is 35.5. The van der Waals surface area contributed by atoms with Gasteiger partial charge in [-0.05, 0) is 58.9 Å². The molecule has 7 heteroatoms. The lowest BCUT2D eigenvalue weighted by molar-refractivity contribution is 0.282. The summed E-state index contributed by atoms with van der Waals surface area (Å²) in [5.74, 6) is 0.144. The van der Waals surface area contributed by atoms with Gasteiger partial charge in [0.25, 0.3) is 10.0 Å². The van der Waals surface area contributed by atoms with Gasteiger partial charge in [0.1, 0.15) is 16.4 Å². The number of sulfonamides is 1. The van der Waals surface area contributed by atoms with Crippen LogP contribution in [-0.4, -0.2) is 20.1 Å². The third-order valence-electron chi connectivity index (χ3n) is 5.96. The molecular weight excluding hydrogens is 482 g/mol. The minimum Gasteiger partial charge on any atom is -0.506 e. The van der Waals surface area contributed by atoms with Crippen LogP contribution in [-0.2, 0) is 15.4 Å². The van der Waals surface area contributed by atoms with E-state index in [1.807, 2.05) is 6.07 Å². The molecule has 0 bridgehead atoms. The van der Waals surface area contributed by atoms with E-state index in [0.717, 1.165) is 24.8 Å². The monoisotopic (exact) mass is 517 g/mol. The number of anilines is 1. The standard InChI is InChI=1S/C28H36ClNO4S/c1-7-8-16-34-23-15-13-20(28(5,6)18-27(2,3)4)17-24(23)35(32,33)30-22-11-9-10-19-12-14-21(29)26(31)25(19)22/h9-15,17,30-31H,7-8,16,18H2,1-6H3. The summed E-state index contributed by atoms with van der Waals surface area (Å²) in [7, 11) is -4.06. The fraction of sp³-hybridized carbons (Fsp3) is 0.429. The Morgan fingerprint density at radius 3 is 2.40 bits per heavy atom.